The number of benzene rings is 2. The molecule has 2 heteroatoms. The van der Waals surface area contributed by atoms with Crippen molar-refractivity contribution in [3.05, 3.63) is 71.8 Å². The van der Waals surface area contributed by atoms with Crippen molar-refractivity contribution in [2.24, 2.45) is 0 Å². The van der Waals surface area contributed by atoms with Gasteiger partial charge in [-0.1, -0.05) is 60.7 Å². The van der Waals surface area contributed by atoms with Crippen LogP contribution >= 0.6 is 0 Å². The number of nitrogens with zero attached hydrogens (tertiary/aromatic N) is 1. The van der Waals surface area contributed by atoms with E-state index in [4.69, 9.17) is 0 Å². The number of aldehydes is 1. The molecule has 0 saturated heterocycles. The lowest BCUT2D eigenvalue weighted by atomic mass is 9.75. The quantitative estimate of drug-likeness (QED) is 0.764. The van der Waals surface area contributed by atoms with Gasteiger partial charge in [0, 0.05) is 6.54 Å². The van der Waals surface area contributed by atoms with Crippen molar-refractivity contribution in [2.45, 2.75) is 5.41 Å². The lowest BCUT2D eigenvalue weighted by Crippen LogP contribution is -2.40. The molecule has 2 aromatic carbocycles. The molecule has 98 valence electrons. The molecule has 19 heavy (non-hydrogen) atoms. The van der Waals surface area contributed by atoms with Gasteiger partial charge in [-0.3, -0.25) is 0 Å². The van der Waals surface area contributed by atoms with Crippen molar-refractivity contribution in [1.29, 1.82) is 0 Å². The fourth-order valence-corrected chi connectivity index (χ4v) is 2.49. The van der Waals surface area contributed by atoms with Gasteiger partial charge in [0.2, 0.25) is 0 Å². The first-order valence-electron chi connectivity index (χ1n) is 6.41. The molecule has 0 atom stereocenters. The zero-order chi connectivity index (χ0) is 13.7. The highest BCUT2D eigenvalue weighted by Crippen LogP contribution is 2.30. The molecule has 2 nitrogen and oxygen atoms in total. The Bertz CT molecular complexity index is 480. The first-order valence-corrected chi connectivity index (χ1v) is 6.41. The monoisotopic (exact) mass is 253 g/mol. The van der Waals surface area contributed by atoms with Crippen molar-refractivity contribution >= 4 is 6.29 Å². The maximum absolute atomic E-state index is 11.9. The third-order valence-corrected chi connectivity index (χ3v) is 3.34. The molecular formula is C17H19NO. The predicted molar refractivity (Wildman–Crippen MR) is 78.3 cm³/mol. The molecule has 2 aromatic rings. The van der Waals surface area contributed by atoms with E-state index >= 15 is 0 Å². The van der Waals surface area contributed by atoms with Gasteiger partial charge in [-0.15, -0.1) is 0 Å². The first-order chi connectivity index (χ1) is 9.19. The molecule has 0 spiro atoms. The number of rotatable bonds is 5. The van der Waals surface area contributed by atoms with Gasteiger partial charge in [-0.05, 0) is 25.2 Å². The number of carbonyl (C=O) groups excluding carboxylic acids is 1. The summed E-state index contributed by atoms with van der Waals surface area (Å²) in [6.07, 6.45) is 1.07. The molecule has 0 aliphatic carbocycles. The van der Waals surface area contributed by atoms with Crippen LogP contribution in [0.5, 0.6) is 0 Å². The summed E-state index contributed by atoms with van der Waals surface area (Å²) >= 11 is 0. The Hall–Kier alpha value is -1.93. The van der Waals surface area contributed by atoms with Crippen molar-refractivity contribution < 1.29 is 4.79 Å². The van der Waals surface area contributed by atoms with E-state index < -0.39 is 5.41 Å². The van der Waals surface area contributed by atoms with Crippen LogP contribution in [0.4, 0.5) is 0 Å². The van der Waals surface area contributed by atoms with E-state index in [9.17, 15) is 4.79 Å². The second-order valence-electron chi connectivity index (χ2n) is 5.06. The van der Waals surface area contributed by atoms with Crippen LogP contribution in [-0.4, -0.2) is 31.8 Å². The highest BCUT2D eigenvalue weighted by Gasteiger charge is 2.34. The smallest absolute Gasteiger partial charge is 0.136 e. The zero-order valence-corrected chi connectivity index (χ0v) is 11.4. The van der Waals surface area contributed by atoms with E-state index in [1.165, 1.54) is 0 Å². The van der Waals surface area contributed by atoms with Gasteiger partial charge in [-0.25, -0.2) is 0 Å². The number of carbonyl (C=O) groups is 1. The molecule has 0 heterocycles. The summed E-state index contributed by atoms with van der Waals surface area (Å²) in [4.78, 5) is 14.0. The lowest BCUT2D eigenvalue weighted by molar-refractivity contribution is -0.111. The summed E-state index contributed by atoms with van der Waals surface area (Å²) in [6, 6.07) is 19.9. The molecule has 0 bridgehead atoms. The van der Waals surface area contributed by atoms with E-state index in [0.29, 0.717) is 6.54 Å². The molecule has 2 rings (SSSR count). The van der Waals surface area contributed by atoms with Crippen LogP contribution in [0.15, 0.2) is 60.7 Å². The van der Waals surface area contributed by atoms with Crippen molar-refractivity contribution in [3.8, 4) is 0 Å². The lowest BCUT2D eigenvalue weighted by Gasteiger charge is -2.32. The van der Waals surface area contributed by atoms with Crippen LogP contribution in [0.25, 0.3) is 0 Å². The molecule has 0 amide bonds. The van der Waals surface area contributed by atoms with Crippen LogP contribution in [0.1, 0.15) is 11.1 Å². The summed E-state index contributed by atoms with van der Waals surface area (Å²) in [6.45, 7) is 0.657. The summed E-state index contributed by atoms with van der Waals surface area (Å²) in [7, 11) is 3.98. The Balaban J connectivity index is 2.58. The summed E-state index contributed by atoms with van der Waals surface area (Å²) in [5.74, 6) is 0. The highest BCUT2D eigenvalue weighted by molar-refractivity contribution is 5.75. The summed E-state index contributed by atoms with van der Waals surface area (Å²) in [5, 5.41) is 0. The summed E-state index contributed by atoms with van der Waals surface area (Å²) in [5.41, 5.74) is 1.46. The van der Waals surface area contributed by atoms with Gasteiger partial charge in [0.15, 0.2) is 0 Å². The minimum absolute atomic E-state index is 0.605. The maximum atomic E-state index is 11.9. The number of hydrogen-bond acceptors (Lipinski definition) is 2. The minimum atomic E-state index is -0.605. The van der Waals surface area contributed by atoms with E-state index in [0.717, 1.165) is 17.4 Å². The average Bonchev–Trinajstić information content (AvgIpc) is 2.46. The Labute approximate surface area is 114 Å². The normalized spacial score (nSPS) is 11.5. The molecule has 0 N–H and O–H groups in total. The molecule has 0 aromatic heterocycles. The average molecular weight is 253 g/mol. The summed E-state index contributed by atoms with van der Waals surface area (Å²) < 4.78 is 0. The van der Waals surface area contributed by atoms with Crippen LogP contribution in [-0.2, 0) is 10.2 Å². The van der Waals surface area contributed by atoms with Gasteiger partial charge in [0.05, 0.1) is 5.41 Å². The van der Waals surface area contributed by atoms with Gasteiger partial charge in [0.1, 0.15) is 6.29 Å². The van der Waals surface area contributed by atoms with E-state index in [-0.39, 0.29) is 0 Å². The fraction of sp³-hybridized carbons (Fsp3) is 0.235. The van der Waals surface area contributed by atoms with Crippen molar-refractivity contribution in [2.75, 3.05) is 20.6 Å². The molecule has 0 radical (unpaired) electrons. The largest absolute Gasteiger partial charge is 0.308 e. The third kappa shape index (κ3) is 2.74. The van der Waals surface area contributed by atoms with Crippen molar-refractivity contribution in [1.82, 2.24) is 4.90 Å². The topological polar surface area (TPSA) is 20.3 Å². The maximum Gasteiger partial charge on any atom is 0.136 e. The van der Waals surface area contributed by atoms with Gasteiger partial charge in [0.25, 0.3) is 0 Å². The van der Waals surface area contributed by atoms with Gasteiger partial charge in [-0.2, -0.15) is 0 Å². The second-order valence-corrected chi connectivity index (χ2v) is 5.06. The first kappa shape index (κ1) is 13.5. The molecule has 0 unspecified atom stereocenters. The Morgan fingerprint density at radius 1 is 0.895 bits per heavy atom. The van der Waals surface area contributed by atoms with E-state index in [1.54, 1.807) is 0 Å². The molecule has 0 saturated carbocycles. The zero-order valence-electron chi connectivity index (χ0n) is 11.4. The SMILES string of the molecule is CN(C)CC(C=O)(c1ccccc1)c1ccccc1. The Morgan fingerprint density at radius 3 is 1.63 bits per heavy atom. The van der Waals surface area contributed by atoms with Crippen LogP contribution in [0.3, 0.4) is 0 Å². The minimum Gasteiger partial charge on any atom is -0.308 e. The van der Waals surface area contributed by atoms with Gasteiger partial charge >= 0.3 is 0 Å². The Morgan fingerprint density at radius 2 is 1.32 bits per heavy atom. The predicted octanol–water partition coefficient (Wildman–Crippen LogP) is 2.73. The highest BCUT2D eigenvalue weighted by atomic mass is 16.1. The Kier molecular flexibility index (Phi) is 4.13. The number of hydrogen-bond donors (Lipinski definition) is 0. The fourth-order valence-electron chi connectivity index (χ4n) is 2.49. The van der Waals surface area contributed by atoms with E-state index in [2.05, 4.69) is 4.90 Å². The van der Waals surface area contributed by atoms with E-state index in [1.807, 2.05) is 74.8 Å². The van der Waals surface area contributed by atoms with Crippen LogP contribution in [0, 0.1) is 0 Å². The van der Waals surface area contributed by atoms with Crippen LogP contribution in [0.2, 0.25) is 0 Å². The second kappa shape index (κ2) is 5.81. The molecule has 0 aliphatic rings. The van der Waals surface area contributed by atoms with Crippen molar-refractivity contribution in [3.63, 3.8) is 0 Å². The molecular weight excluding hydrogens is 234 g/mol. The standard InChI is InChI=1S/C17H19NO/c1-18(2)13-17(14-19,15-9-5-3-6-10-15)16-11-7-4-8-12-16/h3-12,14H,13H2,1-2H3. The third-order valence-electron chi connectivity index (χ3n) is 3.34. The van der Waals surface area contributed by atoms with Crippen LogP contribution < -0.4 is 0 Å². The van der Waals surface area contributed by atoms with Gasteiger partial charge < -0.3 is 9.69 Å². The molecule has 0 aliphatic heterocycles. The molecule has 0 fully saturated rings. The number of likely N-dealkylation sites (N-methyl/N-ethyl adjacent to an activating group) is 1.